The summed E-state index contributed by atoms with van der Waals surface area (Å²) in [5, 5.41) is 2.26. The SMILES string of the molecule is C1=CN(c2ccccc2)CN1CCCCN1C=CN(c2ccc(CCCCCCc3ccc(-c4nccc5c4oc4ccccc45)cc3)cc2)C1. The molecule has 8 rings (SSSR count). The Kier molecular flexibility index (Phi) is 10.00. The molecule has 6 nitrogen and oxygen atoms in total. The van der Waals surface area contributed by atoms with E-state index in [2.05, 4.69) is 140 Å². The second kappa shape index (κ2) is 15.6. The van der Waals surface area contributed by atoms with E-state index in [4.69, 9.17) is 4.42 Å². The van der Waals surface area contributed by atoms with Crippen molar-refractivity contribution >= 4 is 33.3 Å². The van der Waals surface area contributed by atoms with Crippen LogP contribution in [0.5, 0.6) is 0 Å². The molecule has 0 saturated heterocycles. The molecule has 0 aliphatic carbocycles. The Morgan fingerprint density at radius 1 is 0.510 bits per heavy atom. The molecule has 6 heteroatoms. The van der Waals surface area contributed by atoms with Gasteiger partial charge in [-0.2, -0.15) is 0 Å². The van der Waals surface area contributed by atoms with Crippen LogP contribution in [0.4, 0.5) is 11.4 Å². The zero-order valence-corrected chi connectivity index (χ0v) is 29.4. The Bertz CT molecular complexity index is 2080. The van der Waals surface area contributed by atoms with Gasteiger partial charge in [-0.05, 0) is 86.1 Å². The Balaban J connectivity index is 0.708. The van der Waals surface area contributed by atoms with E-state index in [1.54, 1.807) is 0 Å². The summed E-state index contributed by atoms with van der Waals surface area (Å²) in [6, 6.07) is 38.9. The van der Waals surface area contributed by atoms with Crippen molar-refractivity contribution in [1.82, 2.24) is 14.8 Å². The van der Waals surface area contributed by atoms with Crippen molar-refractivity contribution in [2.45, 2.75) is 51.4 Å². The number of furan rings is 1. The molecule has 4 aromatic carbocycles. The summed E-state index contributed by atoms with van der Waals surface area (Å²) >= 11 is 0. The van der Waals surface area contributed by atoms with Gasteiger partial charge in [0.25, 0.3) is 0 Å². The van der Waals surface area contributed by atoms with Gasteiger partial charge < -0.3 is 24.0 Å². The summed E-state index contributed by atoms with van der Waals surface area (Å²) in [6.07, 6.45) is 20.4. The molecule has 2 aliphatic heterocycles. The minimum absolute atomic E-state index is 0.866. The van der Waals surface area contributed by atoms with Crippen LogP contribution in [0.2, 0.25) is 0 Å². The first-order valence-electron chi connectivity index (χ1n) is 18.6. The third-order valence-electron chi connectivity index (χ3n) is 10.3. The second-order valence-corrected chi connectivity index (χ2v) is 13.9. The van der Waals surface area contributed by atoms with Crippen LogP contribution in [0.3, 0.4) is 0 Å². The van der Waals surface area contributed by atoms with Gasteiger partial charge in [0.15, 0.2) is 5.58 Å². The topological polar surface area (TPSA) is 39.0 Å². The minimum Gasteiger partial charge on any atom is -0.454 e. The van der Waals surface area contributed by atoms with Crippen molar-refractivity contribution in [2.75, 3.05) is 36.2 Å². The highest BCUT2D eigenvalue weighted by molar-refractivity contribution is 6.08. The fourth-order valence-corrected chi connectivity index (χ4v) is 7.36. The summed E-state index contributed by atoms with van der Waals surface area (Å²) in [6.45, 7) is 4.06. The average molecular weight is 674 g/mol. The lowest BCUT2D eigenvalue weighted by molar-refractivity contribution is 0.354. The normalized spacial score (nSPS) is 14.2. The number of hydrogen-bond acceptors (Lipinski definition) is 6. The third-order valence-corrected chi connectivity index (χ3v) is 10.3. The highest BCUT2D eigenvalue weighted by Crippen LogP contribution is 2.34. The van der Waals surface area contributed by atoms with Crippen LogP contribution in [-0.4, -0.2) is 41.2 Å². The zero-order chi connectivity index (χ0) is 34.2. The van der Waals surface area contributed by atoms with E-state index in [9.17, 15) is 0 Å². The molecule has 0 radical (unpaired) electrons. The van der Waals surface area contributed by atoms with Crippen LogP contribution in [0.25, 0.3) is 33.2 Å². The maximum absolute atomic E-state index is 6.20. The minimum atomic E-state index is 0.866. The summed E-state index contributed by atoms with van der Waals surface area (Å²) in [5.41, 5.74) is 9.14. The maximum atomic E-state index is 6.20. The van der Waals surface area contributed by atoms with E-state index in [0.717, 1.165) is 72.5 Å². The number of para-hydroxylation sites is 2. The van der Waals surface area contributed by atoms with Gasteiger partial charge >= 0.3 is 0 Å². The molecule has 258 valence electrons. The summed E-state index contributed by atoms with van der Waals surface area (Å²) in [5.74, 6) is 0. The number of aromatic nitrogens is 1. The summed E-state index contributed by atoms with van der Waals surface area (Å²) in [4.78, 5) is 14.2. The van der Waals surface area contributed by atoms with E-state index in [-0.39, 0.29) is 0 Å². The second-order valence-electron chi connectivity index (χ2n) is 13.9. The van der Waals surface area contributed by atoms with Crippen LogP contribution in [0.15, 0.2) is 145 Å². The van der Waals surface area contributed by atoms with Crippen LogP contribution >= 0.6 is 0 Å². The van der Waals surface area contributed by atoms with E-state index in [1.165, 1.54) is 61.0 Å². The van der Waals surface area contributed by atoms with E-state index in [1.807, 2.05) is 24.4 Å². The van der Waals surface area contributed by atoms with Crippen molar-refractivity contribution in [3.8, 4) is 11.3 Å². The number of fused-ring (bicyclic) bond motifs is 3. The smallest absolute Gasteiger partial charge is 0.161 e. The quantitative estimate of drug-likeness (QED) is 0.101. The Hall–Kier alpha value is -5.49. The van der Waals surface area contributed by atoms with Crippen LogP contribution in [-0.2, 0) is 12.8 Å². The van der Waals surface area contributed by atoms with Crippen molar-refractivity contribution < 1.29 is 4.42 Å². The van der Waals surface area contributed by atoms with Gasteiger partial charge in [0.1, 0.15) is 11.3 Å². The maximum Gasteiger partial charge on any atom is 0.161 e. The molecule has 0 saturated carbocycles. The molecule has 2 aromatic heterocycles. The average Bonchev–Trinajstić information content (AvgIpc) is 3.95. The molecule has 4 heterocycles. The largest absolute Gasteiger partial charge is 0.454 e. The monoisotopic (exact) mass is 673 g/mol. The molecule has 0 atom stereocenters. The zero-order valence-electron chi connectivity index (χ0n) is 29.4. The van der Waals surface area contributed by atoms with Gasteiger partial charge in [-0.3, -0.25) is 4.98 Å². The molecule has 0 bridgehead atoms. The molecule has 6 aromatic rings. The molecule has 0 N–H and O–H groups in total. The molecule has 0 unspecified atom stereocenters. The number of pyridine rings is 1. The first-order valence-corrected chi connectivity index (χ1v) is 18.6. The lowest BCUT2D eigenvalue weighted by Gasteiger charge is -2.23. The molecule has 0 fully saturated rings. The molecular formula is C45H47N5O. The molecule has 2 aliphatic rings. The van der Waals surface area contributed by atoms with Crippen molar-refractivity contribution in [2.24, 2.45) is 0 Å². The number of unbranched alkanes of at least 4 members (excludes halogenated alkanes) is 4. The van der Waals surface area contributed by atoms with Crippen LogP contribution in [0, 0.1) is 0 Å². The lowest BCUT2D eigenvalue weighted by atomic mass is 10.0. The molecule has 0 spiro atoms. The number of rotatable bonds is 15. The standard InChI is InChI=1S/C45H47N5O/c1(4-12-36-18-22-38(23-19-36)44-45-42(26-27-46-44)41-16-8-9-17-43(41)51-45)2-5-13-37-20-24-40(25-21-37)50-33-31-48(35-50)29-11-10-28-47-30-32-49(34-47)39-14-6-3-7-15-39/h3,6-9,14-27,30-33H,1-2,4-5,10-13,28-29,34-35H2. The molecule has 0 amide bonds. The fourth-order valence-electron chi connectivity index (χ4n) is 7.36. The summed E-state index contributed by atoms with van der Waals surface area (Å²) in [7, 11) is 0. The predicted octanol–water partition coefficient (Wildman–Crippen LogP) is 10.6. The van der Waals surface area contributed by atoms with Gasteiger partial charge in [-0.1, -0.05) is 85.6 Å². The van der Waals surface area contributed by atoms with Gasteiger partial charge in [0.2, 0.25) is 0 Å². The number of anilines is 2. The van der Waals surface area contributed by atoms with Crippen molar-refractivity contribution in [3.05, 3.63) is 151 Å². The fraction of sp³-hybridized carbons (Fsp3) is 0.267. The highest BCUT2D eigenvalue weighted by atomic mass is 16.3. The van der Waals surface area contributed by atoms with Crippen LogP contribution in [0.1, 0.15) is 49.7 Å². The van der Waals surface area contributed by atoms with Crippen LogP contribution < -0.4 is 9.80 Å². The number of hydrogen-bond donors (Lipinski definition) is 0. The van der Waals surface area contributed by atoms with E-state index >= 15 is 0 Å². The number of nitrogens with zero attached hydrogens (tertiary/aromatic N) is 5. The Morgan fingerprint density at radius 2 is 1.10 bits per heavy atom. The highest BCUT2D eigenvalue weighted by Gasteiger charge is 2.16. The first kappa shape index (κ1) is 32.7. The predicted molar refractivity (Wildman–Crippen MR) is 211 cm³/mol. The molecule has 51 heavy (non-hydrogen) atoms. The summed E-state index contributed by atoms with van der Waals surface area (Å²) < 4.78 is 6.20. The van der Waals surface area contributed by atoms with Gasteiger partial charge in [-0.25, -0.2) is 0 Å². The van der Waals surface area contributed by atoms with E-state index < -0.39 is 0 Å². The Labute approximate surface area is 301 Å². The molecular weight excluding hydrogens is 627 g/mol. The Morgan fingerprint density at radius 3 is 1.76 bits per heavy atom. The van der Waals surface area contributed by atoms with Crippen molar-refractivity contribution in [1.29, 1.82) is 0 Å². The lowest BCUT2D eigenvalue weighted by Crippen LogP contribution is -2.27. The van der Waals surface area contributed by atoms with Gasteiger partial charge in [0.05, 0.1) is 13.3 Å². The van der Waals surface area contributed by atoms with E-state index in [0.29, 0.717) is 0 Å². The van der Waals surface area contributed by atoms with Crippen molar-refractivity contribution in [3.63, 3.8) is 0 Å². The van der Waals surface area contributed by atoms with Gasteiger partial charge in [0, 0.05) is 71.8 Å². The third kappa shape index (κ3) is 7.81. The van der Waals surface area contributed by atoms with Gasteiger partial charge in [-0.15, -0.1) is 0 Å². The number of benzene rings is 4. The first-order chi connectivity index (χ1) is 25.3. The number of aryl methyl sites for hydroxylation is 2.